The zero-order chi connectivity index (χ0) is 18.4. The fourth-order valence-corrected chi connectivity index (χ4v) is 3.50. The number of carbonyl (C=O) groups is 1. The summed E-state index contributed by atoms with van der Waals surface area (Å²) < 4.78 is 7.61. The number of amides is 1. The van der Waals surface area contributed by atoms with Crippen molar-refractivity contribution in [3.05, 3.63) is 70.3 Å². The molecule has 0 saturated heterocycles. The molecule has 5 nitrogen and oxygen atoms in total. The normalized spacial score (nSPS) is 11.4. The number of hydrogen-bond donors (Lipinski definition) is 1. The number of hydrogen-bond acceptors (Lipinski definition) is 4. The number of thiazole rings is 1. The fourth-order valence-electron chi connectivity index (χ4n) is 2.57. The van der Waals surface area contributed by atoms with Gasteiger partial charge in [0.1, 0.15) is 5.75 Å². The first-order chi connectivity index (χ1) is 12.7. The Labute approximate surface area is 156 Å². The molecule has 1 amide bonds. The van der Waals surface area contributed by atoms with Crippen LogP contribution in [0.5, 0.6) is 5.75 Å². The molecule has 134 valence electrons. The summed E-state index contributed by atoms with van der Waals surface area (Å²) in [5.41, 5.74) is 5.78. The maximum absolute atomic E-state index is 12.0. The van der Waals surface area contributed by atoms with E-state index >= 15 is 0 Å². The molecule has 2 aromatic carbocycles. The number of ether oxygens (including phenoxy) is 1. The zero-order valence-corrected chi connectivity index (χ0v) is 15.6. The van der Waals surface area contributed by atoms with Gasteiger partial charge < -0.3 is 9.30 Å². The van der Waals surface area contributed by atoms with Gasteiger partial charge in [0.25, 0.3) is 5.91 Å². The van der Waals surface area contributed by atoms with Crippen molar-refractivity contribution in [3.8, 4) is 17.0 Å². The van der Waals surface area contributed by atoms with Gasteiger partial charge in [-0.2, -0.15) is 0 Å². The molecule has 0 bridgehead atoms. The maximum atomic E-state index is 12.0. The lowest BCUT2D eigenvalue weighted by atomic mass is 10.2. The lowest BCUT2D eigenvalue weighted by Crippen LogP contribution is -2.28. The molecule has 0 radical (unpaired) electrons. The van der Waals surface area contributed by atoms with Gasteiger partial charge in [-0.05, 0) is 31.0 Å². The molecule has 1 N–H and O–H groups in total. The maximum Gasteiger partial charge on any atom is 0.278 e. The van der Waals surface area contributed by atoms with Crippen molar-refractivity contribution in [2.24, 2.45) is 5.10 Å². The Hall–Kier alpha value is -2.86. The zero-order valence-electron chi connectivity index (χ0n) is 14.8. The second kappa shape index (κ2) is 8.49. The highest BCUT2D eigenvalue weighted by Gasteiger charge is 2.07. The lowest BCUT2D eigenvalue weighted by Gasteiger charge is -2.08. The van der Waals surface area contributed by atoms with Gasteiger partial charge in [-0.25, -0.2) is 5.43 Å². The number of benzene rings is 2. The number of nitrogens with one attached hydrogen (secondary N) is 1. The molecule has 0 unspecified atom stereocenters. The first-order valence-corrected chi connectivity index (χ1v) is 9.31. The molecule has 26 heavy (non-hydrogen) atoms. The first-order valence-electron chi connectivity index (χ1n) is 8.43. The number of nitrogens with zero attached hydrogens (tertiary/aromatic N) is 2. The van der Waals surface area contributed by atoms with Crippen LogP contribution < -0.4 is 15.0 Å². The van der Waals surface area contributed by atoms with E-state index in [9.17, 15) is 4.79 Å². The third-order valence-corrected chi connectivity index (χ3v) is 4.78. The van der Waals surface area contributed by atoms with E-state index in [1.165, 1.54) is 11.3 Å². The molecule has 6 heteroatoms. The number of carbonyl (C=O) groups excluding carboxylic acids is 1. The van der Waals surface area contributed by atoms with E-state index < -0.39 is 0 Å². The van der Waals surface area contributed by atoms with E-state index in [-0.39, 0.29) is 12.5 Å². The van der Waals surface area contributed by atoms with Crippen LogP contribution in [0.4, 0.5) is 0 Å². The molecular weight excluding hydrogens is 346 g/mol. The molecule has 0 fully saturated rings. The average Bonchev–Trinajstić information content (AvgIpc) is 3.09. The molecule has 0 aliphatic heterocycles. The predicted octanol–water partition coefficient (Wildman–Crippen LogP) is 3.56. The van der Waals surface area contributed by atoms with E-state index in [0.717, 1.165) is 28.2 Å². The van der Waals surface area contributed by atoms with E-state index in [2.05, 4.69) is 34.2 Å². The lowest BCUT2D eigenvalue weighted by molar-refractivity contribution is -0.123. The molecule has 1 heterocycles. The first kappa shape index (κ1) is 17.9. The smallest absolute Gasteiger partial charge is 0.278 e. The van der Waals surface area contributed by atoms with Gasteiger partial charge in [0.2, 0.25) is 4.80 Å². The number of para-hydroxylation sites is 1. The summed E-state index contributed by atoms with van der Waals surface area (Å²) in [6.07, 6.45) is 0. The average molecular weight is 367 g/mol. The summed E-state index contributed by atoms with van der Waals surface area (Å²) in [6.45, 7) is 4.69. The molecule has 3 aromatic rings. The topological polar surface area (TPSA) is 55.6 Å². The third kappa shape index (κ3) is 4.21. The number of rotatable bonds is 6. The van der Waals surface area contributed by atoms with E-state index in [1.807, 2.05) is 54.8 Å². The Morgan fingerprint density at radius 3 is 2.62 bits per heavy atom. The molecule has 1 aromatic heterocycles. The molecule has 3 rings (SSSR count). The highest BCUT2D eigenvalue weighted by Crippen LogP contribution is 2.19. The largest absolute Gasteiger partial charge is 0.483 e. The van der Waals surface area contributed by atoms with Crippen LogP contribution in [0.2, 0.25) is 0 Å². The van der Waals surface area contributed by atoms with Gasteiger partial charge >= 0.3 is 0 Å². The van der Waals surface area contributed by atoms with Crippen LogP contribution >= 0.6 is 11.3 Å². The highest BCUT2D eigenvalue weighted by molar-refractivity contribution is 7.07. The summed E-state index contributed by atoms with van der Waals surface area (Å²) in [4.78, 5) is 12.8. The Kier molecular flexibility index (Phi) is 5.86. The van der Waals surface area contributed by atoms with E-state index in [0.29, 0.717) is 5.75 Å². The van der Waals surface area contributed by atoms with Gasteiger partial charge in [0.05, 0.1) is 5.69 Å². The minimum absolute atomic E-state index is 0.0720. The summed E-state index contributed by atoms with van der Waals surface area (Å²) in [6, 6.07) is 17.7. The van der Waals surface area contributed by atoms with E-state index in [4.69, 9.17) is 4.74 Å². The molecule has 0 aliphatic rings. The van der Waals surface area contributed by atoms with Gasteiger partial charge in [0.15, 0.2) is 6.61 Å². The quantitative estimate of drug-likeness (QED) is 0.678. The Bertz CT molecular complexity index is 945. The van der Waals surface area contributed by atoms with Crippen LogP contribution in [0.15, 0.2) is 65.1 Å². The van der Waals surface area contributed by atoms with Crippen LogP contribution in [0.1, 0.15) is 12.5 Å². The van der Waals surface area contributed by atoms with Crippen molar-refractivity contribution in [2.75, 3.05) is 6.61 Å². The fraction of sp³-hybridized carbons (Fsp3) is 0.200. The van der Waals surface area contributed by atoms with Crippen molar-refractivity contribution >= 4 is 17.2 Å². The van der Waals surface area contributed by atoms with E-state index in [1.54, 1.807) is 0 Å². The van der Waals surface area contributed by atoms with Gasteiger partial charge in [0, 0.05) is 11.9 Å². The molecule has 0 spiro atoms. The van der Waals surface area contributed by atoms with Crippen molar-refractivity contribution in [3.63, 3.8) is 0 Å². The van der Waals surface area contributed by atoms with Crippen LogP contribution in [-0.4, -0.2) is 17.1 Å². The Morgan fingerprint density at radius 2 is 1.88 bits per heavy atom. The molecule has 0 aliphatic carbocycles. The van der Waals surface area contributed by atoms with Crippen LogP contribution in [0.3, 0.4) is 0 Å². The number of aromatic nitrogens is 1. The van der Waals surface area contributed by atoms with Gasteiger partial charge in [-0.15, -0.1) is 16.4 Å². The Balaban J connectivity index is 1.69. The highest BCUT2D eigenvalue weighted by atomic mass is 32.1. The molecule has 0 atom stereocenters. The summed E-state index contributed by atoms with van der Waals surface area (Å²) in [5.74, 6) is 0.416. The Morgan fingerprint density at radius 1 is 1.15 bits per heavy atom. The summed E-state index contributed by atoms with van der Waals surface area (Å²) >= 11 is 1.50. The molecular formula is C20H21N3O2S. The third-order valence-electron chi connectivity index (χ3n) is 3.91. The van der Waals surface area contributed by atoms with Crippen LogP contribution in [0.25, 0.3) is 11.3 Å². The van der Waals surface area contributed by atoms with Crippen LogP contribution in [-0.2, 0) is 11.3 Å². The standard InChI is InChI=1S/C20H21N3O2S/c1-3-23-17(16-10-5-4-6-11-16)14-26-20(23)22-21-19(24)13-25-18-12-8-7-9-15(18)2/h4-12,14H,3,13H2,1-2H3,(H,21,24)/b22-20-. The number of aryl methyl sites for hydroxylation is 1. The van der Waals surface area contributed by atoms with Gasteiger partial charge in [-0.3, -0.25) is 4.79 Å². The molecule has 0 saturated carbocycles. The minimum Gasteiger partial charge on any atom is -0.483 e. The predicted molar refractivity (Wildman–Crippen MR) is 104 cm³/mol. The van der Waals surface area contributed by atoms with Crippen molar-refractivity contribution in [1.29, 1.82) is 0 Å². The SMILES string of the molecule is CCn1c(-c2ccccc2)cs/c1=N\NC(=O)COc1ccccc1C. The van der Waals surface area contributed by atoms with Crippen LogP contribution in [0, 0.1) is 6.92 Å². The summed E-state index contributed by atoms with van der Waals surface area (Å²) in [7, 11) is 0. The van der Waals surface area contributed by atoms with Crippen molar-refractivity contribution in [2.45, 2.75) is 20.4 Å². The minimum atomic E-state index is -0.287. The van der Waals surface area contributed by atoms with Crippen molar-refractivity contribution in [1.82, 2.24) is 9.99 Å². The van der Waals surface area contributed by atoms with Gasteiger partial charge in [-0.1, -0.05) is 48.5 Å². The monoisotopic (exact) mass is 367 g/mol. The second-order valence-corrected chi connectivity index (χ2v) is 6.55. The second-order valence-electron chi connectivity index (χ2n) is 5.71. The van der Waals surface area contributed by atoms with Crippen molar-refractivity contribution < 1.29 is 9.53 Å². The summed E-state index contributed by atoms with van der Waals surface area (Å²) in [5, 5.41) is 6.31.